The fourth-order valence-electron chi connectivity index (χ4n) is 1.32. The van der Waals surface area contributed by atoms with Crippen LogP contribution in [0.1, 0.15) is 47.5 Å². The second-order valence-corrected chi connectivity index (χ2v) is 4.53. The minimum atomic E-state index is -0.0665. The molecule has 0 spiro atoms. The summed E-state index contributed by atoms with van der Waals surface area (Å²) in [5.74, 6) is 0.906. The van der Waals surface area contributed by atoms with E-state index in [9.17, 15) is 4.79 Å². The van der Waals surface area contributed by atoms with Gasteiger partial charge in [-0.25, -0.2) is 0 Å². The van der Waals surface area contributed by atoms with E-state index in [1.54, 1.807) is 0 Å². The normalized spacial score (nSPS) is 13.5. The smallest absolute Gasteiger partial charge is 0.306 e. The molecule has 0 rings (SSSR count). The molecular weight excluding hydrogens is 164 g/mol. The van der Waals surface area contributed by atoms with Crippen molar-refractivity contribution < 1.29 is 9.53 Å². The lowest BCUT2D eigenvalue weighted by atomic mass is 10.1. The first-order chi connectivity index (χ1) is 5.91. The van der Waals surface area contributed by atoms with Gasteiger partial charge < -0.3 is 4.74 Å². The fraction of sp³-hybridized carbons (Fsp3) is 0.909. The van der Waals surface area contributed by atoms with Gasteiger partial charge in [-0.05, 0) is 25.2 Å². The molecule has 78 valence electrons. The van der Waals surface area contributed by atoms with E-state index in [0.717, 1.165) is 6.42 Å². The van der Waals surface area contributed by atoms with Crippen LogP contribution in [0.25, 0.3) is 0 Å². The molecule has 13 heavy (non-hydrogen) atoms. The summed E-state index contributed by atoms with van der Waals surface area (Å²) in [5.41, 5.74) is 0. The van der Waals surface area contributed by atoms with E-state index in [-0.39, 0.29) is 12.1 Å². The van der Waals surface area contributed by atoms with Crippen molar-refractivity contribution in [3.05, 3.63) is 0 Å². The average molecular weight is 186 g/mol. The van der Waals surface area contributed by atoms with Crippen LogP contribution in [0.4, 0.5) is 0 Å². The van der Waals surface area contributed by atoms with Gasteiger partial charge in [0.2, 0.25) is 0 Å². The molecule has 0 saturated carbocycles. The van der Waals surface area contributed by atoms with Crippen LogP contribution in [0.5, 0.6) is 0 Å². The molecule has 0 unspecified atom stereocenters. The maximum Gasteiger partial charge on any atom is 0.306 e. The molecule has 0 heterocycles. The Morgan fingerprint density at radius 1 is 1.08 bits per heavy atom. The summed E-state index contributed by atoms with van der Waals surface area (Å²) in [4.78, 5) is 11.2. The number of esters is 1. The van der Waals surface area contributed by atoms with Crippen molar-refractivity contribution >= 4 is 5.97 Å². The Morgan fingerprint density at radius 2 is 1.62 bits per heavy atom. The first kappa shape index (κ1) is 12.5. The number of hydrogen-bond acceptors (Lipinski definition) is 2. The van der Waals surface area contributed by atoms with Gasteiger partial charge in [0.1, 0.15) is 0 Å². The number of rotatable bonds is 5. The summed E-state index contributed by atoms with van der Waals surface area (Å²) in [6.45, 7) is 10.3. The highest BCUT2D eigenvalue weighted by Crippen LogP contribution is 2.10. The zero-order valence-corrected chi connectivity index (χ0v) is 9.46. The SMILES string of the molecule is CC(C)CC(=O)O[C@H](C)CC(C)C. The fourth-order valence-corrected chi connectivity index (χ4v) is 1.32. The van der Waals surface area contributed by atoms with Gasteiger partial charge in [0, 0.05) is 6.42 Å². The van der Waals surface area contributed by atoms with Gasteiger partial charge in [0.15, 0.2) is 0 Å². The predicted octanol–water partition coefficient (Wildman–Crippen LogP) is 3.01. The first-order valence-electron chi connectivity index (χ1n) is 5.11. The lowest BCUT2D eigenvalue weighted by Gasteiger charge is -2.15. The van der Waals surface area contributed by atoms with Gasteiger partial charge in [0.05, 0.1) is 6.10 Å². The third kappa shape index (κ3) is 7.82. The Labute approximate surface area is 81.7 Å². The number of ether oxygens (including phenoxy) is 1. The summed E-state index contributed by atoms with van der Waals surface area (Å²) < 4.78 is 5.23. The molecule has 0 aliphatic rings. The minimum absolute atomic E-state index is 0.0613. The summed E-state index contributed by atoms with van der Waals surface area (Å²) >= 11 is 0. The highest BCUT2D eigenvalue weighted by molar-refractivity contribution is 5.69. The van der Waals surface area contributed by atoms with Crippen molar-refractivity contribution in [2.45, 2.75) is 53.6 Å². The molecule has 2 heteroatoms. The Hall–Kier alpha value is -0.530. The van der Waals surface area contributed by atoms with E-state index < -0.39 is 0 Å². The van der Waals surface area contributed by atoms with Crippen LogP contribution in [0.15, 0.2) is 0 Å². The number of carbonyl (C=O) groups is 1. The molecule has 2 nitrogen and oxygen atoms in total. The van der Waals surface area contributed by atoms with E-state index >= 15 is 0 Å². The molecule has 0 N–H and O–H groups in total. The topological polar surface area (TPSA) is 26.3 Å². The largest absolute Gasteiger partial charge is 0.463 e. The zero-order valence-electron chi connectivity index (χ0n) is 9.46. The molecule has 0 fully saturated rings. The van der Waals surface area contributed by atoms with Crippen molar-refractivity contribution in [2.75, 3.05) is 0 Å². The summed E-state index contributed by atoms with van der Waals surface area (Å²) in [7, 11) is 0. The molecule has 0 saturated heterocycles. The van der Waals surface area contributed by atoms with Gasteiger partial charge in [-0.15, -0.1) is 0 Å². The van der Waals surface area contributed by atoms with Crippen LogP contribution >= 0.6 is 0 Å². The molecule has 1 atom stereocenters. The van der Waals surface area contributed by atoms with Crippen molar-refractivity contribution in [2.24, 2.45) is 11.8 Å². The van der Waals surface area contributed by atoms with E-state index in [2.05, 4.69) is 13.8 Å². The van der Waals surface area contributed by atoms with Crippen LogP contribution in [0, 0.1) is 11.8 Å². The standard InChI is InChI=1S/C11H22O2/c1-8(2)6-10(5)13-11(12)7-9(3)4/h8-10H,6-7H2,1-5H3/t10-/m1/s1. The van der Waals surface area contributed by atoms with Crippen LogP contribution in [0.3, 0.4) is 0 Å². The van der Waals surface area contributed by atoms with Crippen LogP contribution in [-0.4, -0.2) is 12.1 Å². The van der Waals surface area contributed by atoms with Gasteiger partial charge in [-0.1, -0.05) is 27.7 Å². The van der Waals surface area contributed by atoms with E-state index in [4.69, 9.17) is 4.74 Å². The minimum Gasteiger partial charge on any atom is -0.463 e. The monoisotopic (exact) mass is 186 g/mol. The molecule has 0 radical (unpaired) electrons. The van der Waals surface area contributed by atoms with E-state index in [0.29, 0.717) is 18.3 Å². The Kier molecular flexibility index (Phi) is 5.76. The van der Waals surface area contributed by atoms with Gasteiger partial charge in [-0.2, -0.15) is 0 Å². The molecule has 0 aliphatic carbocycles. The molecule has 0 aromatic heterocycles. The van der Waals surface area contributed by atoms with Gasteiger partial charge in [-0.3, -0.25) is 4.79 Å². The number of carbonyl (C=O) groups excluding carboxylic acids is 1. The van der Waals surface area contributed by atoms with Crippen LogP contribution < -0.4 is 0 Å². The highest BCUT2D eigenvalue weighted by Gasteiger charge is 2.11. The summed E-state index contributed by atoms with van der Waals surface area (Å²) in [6, 6.07) is 0. The Balaban J connectivity index is 3.65. The summed E-state index contributed by atoms with van der Waals surface area (Å²) in [6.07, 6.45) is 1.54. The molecule has 0 aromatic carbocycles. The number of hydrogen-bond donors (Lipinski definition) is 0. The van der Waals surface area contributed by atoms with Crippen molar-refractivity contribution in [3.8, 4) is 0 Å². The van der Waals surface area contributed by atoms with Gasteiger partial charge >= 0.3 is 5.97 Å². The van der Waals surface area contributed by atoms with Crippen LogP contribution in [0.2, 0.25) is 0 Å². The molecule has 0 aliphatic heterocycles. The van der Waals surface area contributed by atoms with Crippen molar-refractivity contribution in [1.29, 1.82) is 0 Å². The van der Waals surface area contributed by atoms with Crippen LogP contribution in [-0.2, 0) is 9.53 Å². The lowest BCUT2D eigenvalue weighted by molar-refractivity contribution is -0.149. The predicted molar refractivity (Wildman–Crippen MR) is 54.5 cm³/mol. The average Bonchev–Trinajstić information content (AvgIpc) is 1.80. The zero-order chi connectivity index (χ0) is 10.4. The molecular formula is C11H22O2. The Morgan fingerprint density at radius 3 is 2.00 bits per heavy atom. The lowest BCUT2D eigenvalue weighted by Crippen LogP contribution is -2.17. The van der Waals surface area contributed by atoms with Gasteiger partial charge in [0.25, 0.3) is 0 Å². The third-order valence-electron chi connectivity index (χ3n) is 1.71. The molecule has 0 bridgehead atoms. The van der Waals surface area contributed by atoms with Crippen molar-refractivity contribution in [3.63, 3.8) is 0 Å². The van der Waals surface area contributed by atoms with E-state index in [1.165, 1.54) is 0 Å². The van der Waals surface area contributed by atoms with E-state index in [1.807, 2.05) is 20.8 Å². The summed E-state index contributed by atoms with van der Waals surface area (Å²) in [5, 5.41) is 0. The second-order valence-electron chi connectivity index (χ2n) is 4.53. The second kappa shape index (κ2) is 6.01. The molecule has 0 amide bonds. The highest BCUT2D eigenvalue weighted by atomic mass is 16.5. The maximum atomic E-state index is 11.2. The molecule has 0 aromatic rings. The first-order valence-corrected chi connectivity index (χ1v) is 5.11. The Bertz CT molecular complexity index is 150. The van der Waals surface area contributed by atoms with Crippen molar-refractivity contribution in [1.82, 2.24) is 0 Å². The quantitative estimate of drug-likeness (QED) is 0.617. The third-order valence-corrected chi connectivity index (χ3v) is 1.71. The maximum absolute atomic E-state index is 11.2.